The summed E-state index contributed by atoms with van der Waals surface area (Å²) in [6.45, 7) is 9.57. The lowest BCUT2D eigenvalue weighted by Gasteiger charge is -2.24. The molecule has 1 unspecified atom stereocenters. The Morgan fingerprint density at radius 2 is 1.95 bits per heavy atom. The Morgan fingerprint density at radius 1 is 1.29 bits per heavy atom. The predicted octanol–water partition coefficient (Wildman–Crippen LogP) is 2.91. The van der Waals surface area contributed by atoms with Crippen molar-refractivity contribution in [2.45, 2.75) is 58.0 Å². The average molecular weight is 312 g/mol. The Balaban J connectivity index is 3.10. The average Bonchev–Trinajstić information content (AvgIpc) is 2.47. The second kappa shape index (κ2) is 7.92. The fourth-order valence-electron chi connectivity index (χ4n) is 2.18. The first-order chi connectivity index (χ1) is 9.86. The van der Waals surface area contributed by atoms with E-state index in [2.05, 4.69) is 12.2 Å². The van der Waals surface area contributed by atoms with Gasteiger partial charge in [-0.1, -0.05) is 26.0 Å². The summed E-state index contributed by atoms with van der Waals surface area (Å²) in [4.78, 5) is 0.418. The smallest absolute Gasteiger partial charge is 0.243 e. The molecule has 0 radical (unpaired) electrons. The minimum absolute atomic E-state index is 0.00345. The van der Waals surface area contributed by atoms with Crippen LogP contribution in [-0.2, 0) is 16.6 Å². The lowest BCUT2D eigenvalue weighted by atomic mass is 10.1. The van der Waals surface area contributed by atoms with E-state index in [9.17, 15) is 8.42 Å². The van der Waals surface area contributed by atoms with Crippen molar-refractivity contribution in [2.24, 2.45) is 0 Å². The molecule has 0 amide bonds. The van der Waals surface area contributed by atoms with Crippen LogP contribution in [0.15, 0.2) is 23.1 Å². The molecule has 1 atom stereocenters. The van der Waals surface area contributed by atoms with Gasteiger partial charge in [0.2, 0.25) is 10.0 Å². The summed E-state index contributed by atoms with van der Waals surface area (Å²) in [6.07, 6.45) is 1.86. The maximum atomic E-state index is 12.7. The van der Waals surface area contributed by atoms with Crippen molar-refractivity contribution in [2.75, 3.05) is 13.6 Å². The largest absolute Gasteiger partial charge is 0.313 e. The van der Waals surface area contributed by atoms with Crippen molar-refractivity contribution in [3.05, 3.63) is 29.3 Å². The quantitative estimate of drug-likeness (QED) is 0.751. The molecular weight excluding hydrogens is 284 g/mol. The molecule has 0 saturated carbocycles. The molecule has 120 valence electrons. The molecule has 1 aromatic carbocycles. The van der Waals surface area contributed by atoms with Crippen LogP contribution in [0.2, 0.25) is 0 Å². The summed E-state index contributed by atoms with van der Waals surface area (Å²) in [5, 5.41) is 3.33. The minimum atomic E-state index is -3.43. The van der Waals surface area contributed by atoms with Crippen molar-refractivity contribution in [1.82, 2.24) is 9.62 Å². The maximum Gasteiger partial charge on any atom is 0.243 e. The highest BCUT2D eigenvalue weighted by Crippen LogP contribution is 2.23. The number of rotatable bonds is 8. The van der Waals surface area contributed by atoms with Gasteiger partial charge in [0.1, 0.15) is 0 Å². The van der Waals surface area contributed by atoms with Crippen LogP contribution in [0.3, 0.4) is 0 Å². The molecule has 0 saturated heterocycles. The summed E-state index contributed by atoms with van der Waals surface area (Å²) >= 11 is 0. The summed E-state index contributed by atoms with van der Waals surface area (Å²) < 4.78 is 27.0. The Hall–Kier alpha value is -0.910. The van der Waals surface area contributed by atoms with Crippen LogP contribution in [-0.4, -0.2) is 32.4 Å². The number of nitrogens with zero attached hydrogens (tertiary/aromatic N) is 1. The first-order valence-electron chi connectivity index (χ1n) is 7.63. The van der Waals surface area contributed by atoms with E-state index in [0.717, 1.165) is 30.5 Å². The Morgan fingerprint density at radius 3 is 2.52 bits per heavy atom. The van der Waals surface area contributed by atoms with Crippen LogP contribution < -0.4 is 5.32 Å². The molecule has 0 aromatic heterocycles. The summed E-state index contributed by atoms with van der Waals surface area (Å²) in [5.41, 5.74) is 1.89. The van der Waals surface area contributed by atoms with Crippen LogP contribution in [0.4, 0.5) is 0 Å². The number of nitrogens with one attached hydrogen (secondary N) is 1. The van der Waals surface area contributed by atoms with Gasteiger partial charge in [-0.15, -0.1) is 0 Å². The van der Waals surface area contributed by atoms with Crippen molar-refractivity contribution >= 4 is 10.0 Å². The fraction of sp³-hybridized carbons (Fsp3) is 0.625. The van der Waals surface area contributed by atoms with E-state index in [-0.39, 0.29) is 6.04 Å². The van der Waals surface area contributed by atoms with Crippen LogP contribution in [0.5, 0.6) is 0 Å². The number of hydrogen-bond acceptors (Lipinski definition) is 3. The Labute approximate surface area is 129 Å². The monoisotopic (exact) mass is 312 g/mol. The zero-order valence-electron chi connectivity index (χ0n) is 13.8. The number of hydrogen-bond donors (Lipinski definition) is 1. The molecule has 1 rings (SSSR count). The number of benzene rings is 1. The topological polar surface area (TPSA) is 49.4 Å². The molecule has 5 heteroatoms. The van der Waals surface area contributed by atoms with Crippen LogP contribution in [0.1, 0.15) is 44.7 Å². The third kappa shape index (κ3) is 4.28. The highest BCUT2D eigenvalue weighted by atomic mass is 32.2. The van der Waals surface area contributed by atoms with Gasteiger partial charge in [-0.05, 0) is 50.4 Å². The molecule has 0 aliphatic carbocycles. The van der Waals surface area contributed by atoms with Gasteiger partial charge in [0.05, 0.1) is 4.90 Å². The lowest BCUT2D eigenvalue weighted by molar-refractivity contribution is 0.380. The van der Waals surface area contributed by atoms with E-state index in [1.54, 1.807) is 13.1 Å². The molecule has 1 N–H and O–H groups in total. The fourth-order valence-corrected chi connectivity index (χ4v) is 3.88. The summed E-state index contributed by atoms with van der Waals surface area (Å²) in [5.74, 6) is 0. The second-order valence-corrected chi connectivity index (χ2v) is 7.46. The summed E-state index contributed by atoms with van der Waals surface area (Å²) in [6, 6.07) is 5.51. The maximum absolute atomic E-state index is 12.7. The van der Waals surface area contributed by atoms with Crippen LogP contribution in [0.25, 0.3) is 0 Å². The third-order valence-corrected chi connectivity index (χ3v) is 6.12. The predicted molar refractivity (Wildman–Crippen MR) is 87.9 cm³/mol. The van der Waals surface area contributed by atoms with Gasteiger partial charge in [-0.2, -0.15) is 4.31 Å². The second-order valence-electron chi connectivity index (χ2n) is 5.50. The van der Waals surface area contributed by atoms with Crippen molar-refractivity contribution in [3.63, 3.8) is 0 Å². The van der Waals surface area contributed by atoms with Gasteiger partial charge >= 0.3 is 0 Å². The SMILES string of the molecule is CCCNCc1cccc(S(=O)(=O)N(C)C(C)CC)c1C. The molecule has 0 bridgehead atoms. The zero-order valence-corrected chi connectivity index (χ0v) is 14.6. The molecule has 0 spiro atoms. The molecule has 0 aliphatic heterocycles. The van der Waals surface area contributed by atoms with Crippen LogP contribution >= 0.6 is 0 Å². The first kappa shape index (κ1) is 18.1. The van der Waals surface area contributed by atoms with Crippen molar-refractivity contribution in [3.8, 4) is 0 Å². The molecular formula is C16H28N2O2S. The molecule has 0 heterocycles. The Bertz CT molecular complexity index is 555. The highest BCUT2D eigenvalue weighted by molar-refractivity contribution is 7.89. The van der Waals surface area contributed by atoms with Gasteiger partial charge in [0.15, 0.2) is 0 Å². The van der Waals surface area contributed by atoms with Gasteiger partial charge in [0, 0.05) is 19.6 Å². The molecule has 0 fully saturated rings. The summed E-state index contributed by atoms with van der Waals surface area (Å²) in [7, 11) is -1.77. The molecule has 0 aliphatic rings. The first-order valence-corrected chi connectivity index (χ1v) is 9.07. The number of sulfonamides is 1. The zero-order chi connectivity index (χ0) is 16.0. The van der Waals surface area contributed by atoms with E-state index >= 15 is 0 Å². The van der Waals surface area contributed by atoms with E-state index in [1.807, 2.05) is 32.9 Å². The Kier molecular flexibility index (Phi) is 6.84. The van der Waals surface area contributed by atoms with Gasteiger partial charge < -0.3 is 5.32 Å². The standard InChI is InChI=1S/C16H28N2O2S/c1-6-11-17-12-15-9-8-10-16(14(15)4)21(19,20)18(5)13(3)7-2/h8-10,13,17H,6-7,11-12H2,1-5H3. The minimum Gasteiger partial charge on any atom is -0.313 e. The van der Waals surface area contributed by atoms with Gasteiger partial charge in [0.25, 0.3) is 0 Å². The normalized spacial score (nSPS) is 13.6. The van der Waals surface area contributed by atoms with E-state index < -0.39 is 10.0 Å². The lowest BCUT2D eigenvalue weighted by Crippen LogP contribution is -2.35. The van der Waals surface area contributed by atoms with E-state index in [1.165, 1.54) is 4.31 Å². The van der Waals surface area contributed by atoms with Crippen LogP contribution in [0, 0.1) is 6.92 Å². The van der Waals surface area contributed by atoms with Gasteiger partial charge in [-0.25, -0.2) is 8.42 Å². The van der Waals surface area contributed by atoms with Crippen molar-refractivity contribution < 1.29 is 8.42 Å². The molecule has 1 aromatic rings. The molecule has 4 nitrogen and oxygen atoms in total. The highest BCUT2D eigenvalue weighted by Gasteiger charge is 2.26. The molecule has 21 heavy (non-hydrogen) atoms. The van der Waals surface area contributed by atoms with Gasteiger partial charge in [-0.3, -0.25) is 0 Å². The van der Waals surface area contributed by atoms with Crippen molar-refractivity contribution in [1.29, 1.82) is 0 Å². The van der Waals surface area contributed by atoms with E-state index in [4.69, 9.17) is 0 Å². The van der Waals surface area contributed by atoms with E-state index in [0.29, 0.717) is 11.4 Å². The third-order valence-electron chi connectivity index (χ3n) is 4.01.